The summed E-state index contributed by atoms with van der Waals surface area (Å²) in [6, 6.07) is 0. The van der Waals surface area contributed by atoms with Crippen molar-refractivity contribution in [2.75, 3.05) is 19.8 Å². The third-order valence-electron chi connectivity index (χ3n) is 2.28. The van der Waals surface area contributed by atoms with Crippen LogP contribution in [0.25, 0.3) is 0 Å². The monoisotopic (exact) mass is 231 g/mol. The lowest BCUT2D eigenvalue weighted by atomic mass is 10.1. The van der Waals surface area contributed by atoms with Gasteiger partial charge in [-0.15, -0.1) is 0 Å². The molecule has 0 fully saturated rings. The summed E-state index contributed by atoms with van der Waals surface area (Å²) in [6.07, 6.45) is 1.58. The summed E-state index contributed by atoms with van der Waals surface area (Å²) in [7, 11) is 0. The van der Waals surface area contributed by atoms with Gasteiger partial charge >= 0.3 is 5.97 Å². The van der Waals surface area contributed by atoms with Gasteiger partial charge in [-0.1, -0.05) is 6.92 Å². The minimum atomic E-state index is -0.864. The van der Waals surface area contributed by atoms with Gasteiger partial charge in [-0.25, -0.2) is 0 Å². The molecule has 0 aliphatic rings. The number of hydrogen-bond acceptors (Lipinski definition) is 3. The van der Waals surface area contributed by atoms with Crippen LogP contribution in [0.5, 0.6) is 0 Å². The van der Waals surface area contributed by atoms with Gasteiger partial charge in [0.2, 0.25) is 5.91 Å². The van der Waals surface area contributed by atoms with E-state index in [4.69, 9.17) is 9.84 Å². The number of ether oxygens (including phenoxy) is 1. The van der Waals surface area contributed by atoms with Gasteiger partial charge in [-0.05, 0) is 19.8 Å². The van der Waals surface area contributed by atoms with E-state index < -0.39 is 11.9 Å². The van der Waals surface area contributed by atoms with Crippen molar-refractivity contribution in [2.24, 2.45) is 5.92 Å². The number of aliphatic carboxylic acids is 1. The molecule has 94 valence electrons. The molecule has 0 saturated carbocycles. The molecule has 0 bridgehead atoms. The molecule has 0 aromatic rings. The fourth-order valence-corrected chi connectivity index (χ4v) is 1.21. The number of carbonyl (C=O) groups excluding carboxylic acids is 1. The van der Waals surface area contributed by atoms with Crippen molar-refractivity contribution < 1.29 is 19.4 Å². The molecule has 0 saturated heterocycles. The lowest BCUT2D eigenvalue weighted by Crippen LogP contribution is -2.32. The highest BCUT2D eigenvalue weighted by Gasteiger charge is 2.15. The van der Waals surface area contributed by atoms with Crippen molar-refractivity contribution in [1.29, 1.82) is 0 Å². The van der Waals surface area contributed by atoms with Gasteiger partial charge in [-0.3, -0.25) is 9.59 Å². The molecule has 1 amide bonds. The van der Waals surface area contributed by atoms with Crippen LogP contribution in [0, 0.1) is 5.92 Å². The molecule has 2 N–H and O–H groups in total. The number of amides is 1. The highest BCUT2D eigenvalue weighted by molar-refractivity contribution is 5.77. The molecule has 5 nitrogen and oxygen atoms in total. The minimum Gasteiger partial charge on any atom is -0.481 e. The quantitative estimate of drug-likeness (QED) is 0.581. The third kappa shape index (κ3) is 7.23. The highest BCUT2D eigenvalue weighted by Crippen LogP contribution is 2.00. The zero-order chi connectivity index (χ0) is 12.4. The average Bonchev–Trinajstić information content (AvgIpc) is 2.25. The van der Waals surface area contributed by atoms with Crippen LogP contribution < -0.4 is 5.32 Å². The first-order chi connectivity index (χ1) is 7.61. The van der Waals surface area contributed by atoms with Gasteiger partial charge in [0.05, 0.1) is 5.92 Å². The summed E-state index contributed by atoms with van der Waals surface area (Å²) in [5, 5.41) is 11.4. The number of carbonyl (C=O) groups is 2. The van der Waals surface area contributed by atoms with E-state index in [1.807, 2.05) is 6.92 Å². The number of carboxylic acids is 1. The van der Waals surface area contributed by atoms with E-state index in [9.17, 15) is 9.59 Å². The van der Waals surface area contributed by atoms with Crippen LogP contribution in [-0.2, 0) is 14.3 Å². The smallest absolute Gasteiger partial charge is 0.308 e. The number of hydrogen-bond donors (Lipinski definition) is 2. The number of rotatable bonds is 9. The van der Waals surface area contributed by atoms with Crippen LogP contribution in [0.1, 0.15) is 33.1 Å². The molecular weight excluding hydrogens is 210 g/mol. The topological polar surface area (TPSA) is 75.6 Å². The fourth-order valence-electron chi connectivity index (χ4n) is 1.21. The van der Waals surface area contributed by atoms with Crippen LogP contribution in [0.2, 0.25) is 0 Å². The Hall–Kier alpha value is -1.10. The van der Waals surface area contributed by atoms with Crippen LogP contribution in [0.15, 0.2) is 0 Å². The summed E-state index contributed by atoms with van der Waals surface area (Å²) >= 11 is 0. The predicted octanol–water partition coefficient (Wildman–Crippen LogP) is 1.03. The van der Waals surface area contributed by atoms with Crippen molar-refractivity contribution >= 4 is 11.9 Å². The number of carboxylic acid groups (broad SMARTS) is 1. The third-order valence-corrected chi connectivity index (χ3v) is 2.28. The second-order valence-electron chi connectivity index (χ2n) is 3.55. The molecule has 1 atom stereocenters. The Morgan fingerprint density at radius 2 is 2.06 bits per heavy atom. The van der Waals surface area contributed by atoms with Gasteiger partial charge in [0.15, 0.2) is 0 Å². The Labute approximate surface area is 96.2 Å². The van der Waals surface area contributed by atoms with Crippen LogP contribution in [0.3, 0.4) is 0 Å². The van der Waals surface area contributed by atoms with Gasteiger partial charge in [0, 0.05) is 26.2 Å². The SMILES string of the molecule is CCOCCCC(=O)NCC(CC)C(=O)O. The first-order valence-electron chi connectivity index (χ1n) is 5.69. The van der Waals surface area contributed by atoms with E-state index >= 15 is 0 Å². The lowest BCUT2D eigenvalue weighted by Gasteiger charge is -2.10. The normalized spacial score (nSPS) is 12.1. The van der Waals surface area contributed by atoms with Gasteiger partial charge < -0.3 is 15.2 Å². The van der Waals surface area contributed by atoms with Crippen LogP contribution in [0.4, 0.5) is 0 Å². The molecule has 0 aromatic carbocycles. The summed E-state index contributed by atoms with van der Waals surface area (Å²) in [4.78, 5) is 22.0. The zero-order valence-corrected chi connectivity index (χ0v) is 9.99. The summed E-state index contributed by atoms with van der Waals surface area (Å²) in [5.74, 6) is -1.47. The molecule has 0 aliphatic carbocycles. The summed E-state index contributed by atoms with van der Waals surface area (Å²) in [6.45, 7) is 5.12. The standard InChI is InChI=1S/C11H21NO4/c1-3-9(11(14)15)8-12-10(13)6-5-7-16-4-2/h9H,3-8H2,1-2H3,(H,12,13)(H,14,15). The molecule has 5 heteroatoms. The maximum Gasteiger partial charge on any atom is 0.308 e. The Morgan fingerprint density at radius 3 is 2.56 bits per heavy atom. The molecule has 16 heavy (non-hydrogen) atoms. The van der Waals surface area contributed by atoms with Crippen LogP contribution >= 0.6 is 0 Å². The predicted molar refractivity (Wildman–Crippen MR) is 60.2 cm³/mol. The summed E-state index contributed by atoms with van der Waals surface area (Å²) in [5.41, 5.74) is 0. The van der Waals surface area contributed by atoms with E-state index in [1.165, 1.54) is 0 Å². The summed E-state index contributed by atoms with van der Waals surface area (Å²) < 4.78 is 5.09. The Bertz CT molecular complexity index is 218. The van der Waals surface area contributed by atoms with Gasteiger partial charge in [0.25, 0.3) is 0 Å². The van der Waals surface area contributed by atoms with E-state index in [1.54, 1.807) is 6.92 Å². The van der Waals surface area contributed by atoms with E-state index in [0.29, 0.717) is 32.5 Å². The fraction of sp³-hybridized carbons (Fsp3) is 0.818. The molecule has 0 rings (SSSR count). The van der Waals surface area contributed by atoms with Crippen molar-refractivity contribution in [3.63, 3.8) is 0 Å². The Kier molecular flexibility index (Phi) is 8.52. The van der Waals surface area contributed by atoms with Crippen molar-refractivity contribution in [2.45, 2.75) is 33.1 Å². The van der Waals surface area contributed by atoms with Crippen molar-refractivity contribution in [1.82, 2.24) is 5.32 Å². The Morgan fingerprint density at radius 1 is 1.38 bits per heavy atom. The van der Waals surface area contributed by atoms with E-state index in [-0.39, 0.29) is 12.5 Å². The Balaban J connectivity index is 3.59. The maximum absolute atomic E-state index is 11.3. The highest BCUT2D eigenvalue weighted by atomic mass is 16.5. The molecule has 0 aliphatic heterocycles. The first kappa shape index (κ1) is 14.9. The molecule has 0 radical (unpaired) electrons. The van der Waals surface area contributed by atoms with Crippen molar-refractivity contribution in [3.8, 4) is 0 Å². The minimum absolute atomic E-state index is 0.112. The molecule has 0 heterocycles. The molecule has 1 unspecified atom stereocenters. The molecule has 0 aromatic heterocycles. The second kappa shape index (κ2) is 9.15. The maximum atomic E-state index is 11.3. The average molecular weight is 231 g/mol. The molecular formula is C11H21NO4. The zero-order valence-electron chi connectivity index (χ0n) is 9.99. The number of nitrogens with one attached hydrogen (secondary N) is 1. The van der Waals surface area contributed by atoms with Gasteiger partial charge in [0.1, 0.15) is 0 Å². The van der Waals surface area contributed by atoms with Crippen LogP contribution in [-0.4, -0.2) is 36.7 Å². The second-order valence-corrected chi connectivity index (χ2v) is 3.55. The van der Waals surface area contributed by atoms with Gasteiger partial charge in [-0.2, -0.15) is 0 Å². The van der Waals surface area contributed by atoms with Crippen molar-refractivity contribution in [3.05, 3.63) is 0 Å². The first-order valence-corrected chi connectivity index (χ1v) is 5.69. The van der Waals surface area contributed by atoms with E-state index in [2.05, 4.69) is 5.32 Å². The molecule has 0 spiro atoms. The lowest BCUT2D eigenvalue weighted by molar-refractivity contribution is -0.141. The largest absolute Gasteiger partial charge is 0.481 e. The van der Waals surface area contributed by atoms with E-state index in [0.717, 1.165) is 0 Å².